The smallest absolute Gasteiger partial charge is 0.226 e. The fourth-order valence-corrected chi connectivity index (χ4v) is 5.21. The number of ether oxygens (including phenoxy) is 1. The van der Waals surface area contributed by atoms with Crippen molar-refractivity contribution in [1.82, 2.24) is 10.3 Å². The predicted octanol–water partition coefficient (Wildman–Crippen LogP) is 5.20. The average Bonchev–Trinajstić information content (AvgIpc) is 3.33. The highest BCUT2D eigenvalue weighted by atomic mass is 16.5. The van der Waals surface area contributed by atoms with E-state index in [1.807, 2.05) is 24.3 Å². The number of hydrogen-bond acceptors (Lipinski definition) is 5. The van der Waals surface area contributed by atoms with Crippen molar-refractivity contribution in [3.8, 4) is 11.5 Å². The summed E-state index contributed by atoms with van der Waals surface area (Å²) >= 11 is 0. The molecule has 0 saturated carbocycles. The molecule has 174 valence electrons. The Bertz CT molecular complexity index is 1090. The molecule has 0 aliphatic carbocycles. The quantitative estimate of drug-likeness (QED) is 0.544. The van der Waals surface area contributed by atoms with E-state index in [4.69, 9.17) is 14.1 Å². The van der Waals surface area contributed by atoms with E-state index in [-0.39, 0.29) is 5.41 Å². The standard InChI is InChI=1S/C28H34N2O3/c1-19(2)20-7-9-23(10-8-20)28(31,27(3)17-29-18-27)24-6-4-5-22(15-24)26-30-25(16-33-26)21-11-13-32-14-12-21/h4-10,15-16,19,21,29,31H,11-14,17-18H2,1-3H3/t28-/m0/s1. The monoisotopic (exact) mass is 446 g/mol. The van der Waals surface area contributed by atoms with Crippen LogP contribution in [0.2, 0.25) is 0 Å². The number of rotatable bonds is 6. The van der Waals surface area contributed by atoms with E-state index in [0.29, 0.717) is 17.7 Å². The van der Waals surface area contributed by atoms with Crippen LogP contribution in [-0.4, -0.2) is 36.4 Å². The van der Waals surface area contributed by atoms with E-state index in [1.165, 1.54) is 5.56 Å². The summed E-state index contributed by atoms with van der Waals surface area (Å²) < 4.78 is 11.4. The lowest BCUT2D eigenvalue weighted by molar-refractivity contribution is -0.0767. The first-order valence-electron chi connectivity index (χ1n) is 12.1. The molecule has 5 nitrogen and oxygen atoms in total. The summed E-state index contributed by atoms with van der Waals surface area (Å²) in [6.07, 6.45) is 3.74. The van der Waals surface area contributed by atoms with Gasteiger partial charge in [-0.2, -0.15) is 0 Å². The summed E-state index contributed by atoms with van der Waals surface area (Å²) in [5, 5.41) is 15.7. The van der Waals surface area contributed by atoms with Crippen LogP contribution in [-0.2, 0) is 10.3 Å². The normalized spacial score (nSPS) is 20.4. The molecule has 0 bridgehead atoms. The maximum absolute atomic E-state index is 12.3. The van der Waals surface area contributed by atoms with Crippen LogP contribution in [0.25, 0.3) is 11.5 Å². The molecule has 0 amide bonds. The summed E-state index contributed by atoms with van der Waals surface area (Å²) in [7, 11) is 0. The summed E-state index contributed by atoms with van der Waals surface area (Å²) in [6, 6.07) is 16.5. The Hall–Kier alpha value is -2.47. The van der Waals surface area contributed by atoms with Gasteiger partial charge in [0.1, 0.15) is 11.9 Å². The molecule has 3 heterocycles. The van der Waals surface area contributed by atoms with Crippen LogP contribution in [0.15, 0.2) is 59.2 Å². The maximum Gasteiger partial charge on any atom is 0.226 e. The van der Waals surface area contributed by atoms with Crippen LogP contribution in [0.5, 0.6) is 0 Å². The Morgan fingerprint density at radius 1 is 1.06 bits per heavy atom. The molecule has 2 aromatic carbocycles. The zero-order valence-electron chi connectivity index (χ0n) is 19.8. The van der Waals surface area contributed by atoms with Crippen LogP contribution in [0.1, 0.15) is 67.8 Å². The largest absolute Gasteiger partial charge is 0.444 e. The lowest BCUT2D eigenvalue weighted by atomic mass is 9.62. The maximum atomic E-state index is 12.3. The van der Waals surface area contributed by atoms with Crippen LogP contribution in [0, 0.1) is 5.41 Å². The van der Waals surface area contributed by atoms with Crippen molar-refractivity contribution in [3.05, 3.63) is 77.2 Å². The van der Waals surface area contributed by atoms with Gasteiger partial charge >= 0.3 is 0 Å². The second-order valence-electron chi connectivity index (χ2n) is 10.2. The molecule has 2 aliphatic rings. The minimum Gasteiger partial charge on any atom is -0.444 e. The lowest BCUT2D eigenvalue weighted by Gasteiger charge is -2.52. The number of hydrogen-bond donors (Lipinski definition) is 2. The molecule has 1 atom stereocenters. The molecule has 0 radical (unpaired) electrons. The number of benzene rings is 2. The van der Waals surface area contributed by atoms with Crippen molar-refractivity contribution < 1.29 is 14.3 Å². The molecule has 5 rings (SSSR count). The average molecular weight is 447 g/mol. The van der Waals surface area contributed by atoms with Crippen LogP contribution in [0.4, 0.5) is 0 Å². The number of oxazole rings is 1. The molecule has 1 aromatic heterocycles. The van der Waals surface area contributed by atoms with Gasteiger partial charge in [0, 0.05) is 43.2 Å². The minimum atomic E-state index is -1.13. The van der Waals surface area contributed by atoms with E-state index < -0.39 is 5.60 Å². The van der Waals surface area contributed by atoms with Gasteiger partial charge in [-0.25, -0.2) is 4.98 Å². The molecule has 3 aromatic rings. The zero-order valence-corrected chi connectivity index (χ0v) is 19.8. The van der Waals surface area contributed by atoms with Gasteiger partial charge in [0.2, 0.25) is 5.89 Å². The highest BCUT2D eigenvalue weighted by Crippen LogP contribution is 2.48. The van der Waals surface area contributed by atoms with E-state index in [0.717, 1.165) is 61.5 Å². The van der Waals surface area contributed by atoms with Crippen molar-refractivity contribution in [2.24, 2.45) is 5.41 Å². The highest BCUT2D eigenvalue weighted by molar-refractivity contribution is 5.57. The van der Waals surface area contributed by atoms with Gasteiger partial charge in [0.25, 0.3) is 0 Å². The Morgan fingerprint density at radius 3 is 2.42 bits per heavy atom. The predicted molar refractivity (Wildman–Crippen MR) is 129 cm³/mol. The van der Waals surface area contributed by atoms with Crippen molar-refractivity contribution >= 4 is 0 Å². The molecule has 2 aliphatic heterocycles. The second kappa shape index (κ2) is 8.71. The van der Waals surface area contributed by atoms with Gasteiger partial charge in [0.15, 0.2) is 0 Å². The van der Waals surface area contributed by atoms with Gasteiger partial charge in [-0.3, -0.25) is 0 Å². The molecular weight excluding hydrogens is 412 g/mol. The minimum absolute atomic E-state index is 0.311. The lowest BCUT2D eigenvalue weighted by Crippen LogP contribution is -2.63. The third kappa shape index (κ3) is 3.92. The van der Waals surface area contributed by atoms with Crippen molar-refractivity contribution in [2.75, 3.05) is 26.3 Å². The fourth-order valence-electron chi connectivity index (χ4n) is 5.21. The molecule has 2 N–H and O–H groups in total. The third-order valence-corrected chi connectivity index (χ3v) is 7.59. The fraction of sp³-hybridized carbons (Fsp3) is 0.464. The molecule has 5 heteroatoms. The van der Waals surface area contributed by atoms with Gasteiger partial charge in [-0.15, -0.1) is 0 Å². The van der Waals surface area contributed by atoms with Crippen molar-refractivity contribution in [3.63, 3.8) is 0 Å². The molecular formula is C28H34N2O3. The summed E-state index contributed by atoms with van der Waals surface area (Å²) in [4.78, 5) is 4.81. The Labute approximate surface area is 196 Å². The molecule has 0 unspecified atom stereocenters. The first-order chi connectivity index (χ1) is 15.9. The van der Waals surface area contributed by atoms with Gasteiger partial charge < -0.3 is 19.6 Å². The van der Waals surface area contributed by atoms with Crippen molar-refractivity contribution in [1.29, 1.82) is 0 Å². The van der Waals surface area contributed by atoms with Crippen molar-refractivity contribution in [2.45, 2.75) is 51.0 Å². The zero-order chi connectivity index (χ0) is 23.1. The summed E-state index contributed by atoms with van der Waals surface area (Å²) in [6.45, 7) is 9.59. The molecule has 2 fully saturated rings. The number of aromatic nitrogens is 1. The number of nitrogens with one attached hydrogen (secondary N) is 1. The van der Waals surface area contributed by atoms with E-state index in [1.54, 1.807) is 6.26 Å². The van der Waals surface area contributed by atoms with E-state index in [9.17, 15) is 5.11 Å². The number of aliphatic hydroxyl groups is 1. The topological polar surface area (TPSA) is 67.5 Å². The molecule has 0 spiro atoms. The summed E-state index contributed by atoms with van der Waals surface area (Å²) in [5.74, 6) is 1.44. The SMILES string of the molecule is CC(C)c1ccc([C@](O)(c2cccc(-c3nc(C4CCOCC4)co3)c2)C2(C)CNC2)cc1. The third-order valence-electron chi connectivity index (χ3n) is 7.59. The highest BCUT2D eigenvalue weighted by Gasteiger charge is 2.53. The van der Waals surface area contributed by atoms with Gasteiger partial charge in [-0.1, -0.05) is 57.2 Å². The Morgan fingerprint density at radius 2 is 1.79 bits per heavy atom. The van der Waals surface area contributed by atoms with Crippen LogP contribution in [0.3, 0.4) is 0 Å². The molecule has 2 saturated heterocycles. The van der Waals surface area contributed by atoms with E-state index >= 15 is 0 Å². The van der Waals surface area contributed by atoms with Gasteiger partial charge in [0.05, 0.1) is 5.69 Å². The van der Waals surface area contributed by atoms with E-state index in [2.05, 4.69) is 50.4 Å². The first kappa shape index (κ1) is 22.3. The second-order valence-corrected chi connectivity index (χ2v) is 10.2. The first-order valence-corrected chi connectivity index (χ1v) is 12.1. The Balaban J connectivity index is 1.52. The number of nitrogens with zero attached hydrogens (tertiary/aromatic N) is 1. The summed E-state index contributed by atoms with van der Waals surface area (Å²) in [5.41, 5.74) is 3.50. The van der Waals surface area contributed by atoms with Gasteiger partial charge in [-0.05, 0) is 47.6 Å². The Kier molecular flexibility index (Phi) is 5.89. The van der Waals surface area contributed by atoms with Crippen LogP contribution >= 0.6 is 0 Å². The molecule has 33 heavy (non-hydrogen) atoms. The van der Waals surface area contributed by atoms with Crippen LogP contribution < -0.4 is 5.32 Å².